The van der Waals surface area contributed by atoms with Crippen LogP contribution in [0.25, 0.3) is 0 Å². The summed E-state index contributed by atoms with van der Waals surface area (Å²) in [4.78, 5) is 11.6. The summed E-state index contributed by atoms with van der Waals surface area (Å²) in [5.41, 5.74) is 0.922. The summed E-state index contributed by atoms with van der Waals surface area (Å²) in [5, 5.41) is 0. The molecule has 0 aromatic heterocycles. The van der Waals surface area contributed by atoms with Crippen molar-refractivity contribution in [3.8, 4) is 11.5 Å². The van der Waals surface area contributed by atoms with Crippen LogP contribution in [0.2, 0.25) is 0 Å². The van der Waals surface area contributed by atoms with Gasteiger partial charge in [0.2, 0.25) is 0 Å². The Kier molecular flexibility index (Phi) is 6.64. The van der Waals surface area contributed by atoms with Gasteiger partial charge in [-0.05, 0) is 30.7 Å². The Bertz CT molecular complexity index is 532. The van der Waals surface area contributed by atoms with E-state index >= 15 is 0 Å². The predicted octanol–water partition coefficient (Wildman–Crippen LogP) is 0.0959. The van der Waals surface area contributed by atoms with Gasteiger partial charge in [0.1, 0.15) is 11.5 Å². The molecule has 0 atom stereocenters. The first-order valence-electron chi connectivity index (χ1n) is 5.70. The summed E-state index contributed by atoms with van der Waals surface area (Å²) in [7, 11) is 0. The van der Waals surface area contributed by atoms with Crippen molar-refractivity contribution >= 4 is 5.97 Å². The third-order valence-corrected chi connectivity index (χ3v) is 2.42. The molecule has 0 saturated carbocycles. The van der Waals surface area contributed by atoms with E-state index in [1.54, 1.807) is 18.2 Å². The maximum absolute atomic E-state index is 11.6. The first kappa shape index (κ1) is 15.8. The first-order chi connectivity index (χ1) is 8.75. The van der Waals surface area contributed by atoms with Crippen LogP contribution in [0.15, 0.2) is 54.6 Å². The average molecular weight is 266 g/mol. The number of rotatable bonds is 4. The molecule has 0 aliphatic carbocycles. The molecule has 19 heavy (non-hydrogen) atoms. The van der Waals surface area contributed by atoms with Gasteiger partial charge in [-0.2, -0.15) is 0 Å². The maximum atomic E-state index is 11.6. The molecule has 0 N–H and O–H groups in total. The third kappa shape index (κ3) is 5.07. The topological polar surface area (TPSA) is 35.5 Å². The summed E-state index contributed by atoms with van der Waals surface area (Å²) in [6.45, 7) is 1.79. The van der Waals surface area contributed by atoms with E-state index in [0.29, 0.717) is 11.5 Å². The molecule has 0 amide bonds. The fourth-order valence-electron chi connectivity index (χ4n) is 1.48. The van der Waals surface area contributed by atoms with Crippen molar-refractivity contribution in [1.82, 2.24) is 0 Å². The van der Waals surface area contributed by atoms with E-state index < -0.39 is 5.97 Å². The smallest absolute Gasteiger partial charge is 1.00 e. The predicted molar refractivity (Wildman–Crippen MR) is 69.9 cm³/mol. The molecule has 0 aliphatic rings. The number of esters is 1. The summed E-state index contributed by atoms with van der Waals surface area (Å²) in [6.07, 6.45) is 0. The summed E-state index contributed by atoms with van der Waals surface area (Å²) < 4.78 is 10.5. The fraction of sp³-hybridized carbons (Fsp3) is 0.133. The monoisotopic (exact) mass is 266 g/mol. The van der Waals surface area contributed by atoms with Gasteiger partial charge >= 0.3 is 35.5 Å². The van der Waals surface area contributed by atoms with E-state index in [9.17, 15) is 4.79 Å². The van der Waals surface area contributed by atoms with Crippen molar-refractivity contribution in [2.45, 2.75) is 6.92 Å². The van der Waals surface area contributed by atoms with Crippen LogP contribution in [0.4, 0.5) is 0 Å². The molecule has 0 heterocycles. The van der Waals surface area contributed by atoms with Crippen LogP contribution in [-0.2, 0) is 4.79 Å². The minimum atomic E-state index is -0.409. The van der Waals surface area contributed by atoms with Crippen LogP contribution in [0.1, 0.15) is 6.99 Å². The Labute approximate surface area is 136 Å². The van der Waals surface area contributed by atoms with Crippen LogP contribution >= 0.6 is 0 Å². The molecule has 2 aromatic rings. The van der Waals surface area contributed by atoms with Crippen LogP contribution < -0.4 is 39.0 Å². The molecular weight excluding hydrogens is 251 g/mol. The summed E-state index contributed by atoms with van der Waals surface area (Å²) in [5.74, 6) is 0.812. The molecule has 0 spiro atoms. The molecule has 0 aliphatic heterocycles. The van der Waals surface area contributed by atoms with Crippen molar-refractivity contribution in [2.75, 3.05) is 6.61 Å². The Morgan fingerprint density at radius 3 is 2.37 bits per heavy atom. The van der Waals surface area contributed by atoms with Crippen molar-refractivity contribution in [3.63, 3.8) is 0 Å². The van der Waals surface area contributed by atoms with Gasteiger partial charge in [-0.25, -0.2) is 4.79 Å². The van der Waals surface area contributed by atoms with E-state index in [1.165, 1.54) is 0 Å². The molecule has 0 saturated heterocycles. The van der Waals surface area contributed by atoms with E-state index in [1.807, 2.05) is 43.3 Å². The van der Waals surface area contributed by atoms with Crippen LogP contribution in [0, 0.1) is 6.92 Å². The number of carbonyl (C=O) groups is 1. The number of benzene rings is 2. The first-order valence-corrected chi connectivity index (χ1v) is 5.70. The largest absolute Gasteiger partial charge is 1.00 e. The van der Waals surface area contributed by atoms with Gasteiger partial charge in [0.25, 0.3) is 0 Å². The SMILES string of the molecule is Cc1ccccc1OC(=O)COc1ccccc1.[H-].[Na+]. The summed E-state index contributed by atoms with van der Waals surface area (Å²) in [6, 6.07) is 16.5. The zero-order chi connectivity index (χ0) is 12.8. The maximum Gasteiger partial charge on any atom is 1.00 e. The number of para-hydroxylation sites is 2. The van der Waals surface area contributed by atoms with E-state index in [0.717, 1.165) is 5.56 Å². The molecule has 2 rings (SSSR count). The Morgan fingerprint density at radius 1 is 1.05 bits per heavy atom. The molecule has 94 valence electrons. The van der Waals surface area contributed by atoms with Gasteiger partial charge in [0, 0.05) is 0 Å². The van der Waals surface area contributed by atoms with Crippen molar-refractivity contribution in [3.05, 3.63) is 60.2 Å². The minimum absolute atomic E-state index is 0. The zero-order valence-corrected chi connectivity index (χ0v) is 13.1. The minimum Gasteiger partial charge on any atom is -1.00 e. The zero-order valence-electron chi connectivity index (χ0n) is 12.1. The van der Waals surface area contributed by atoms with E-state index in [2.05, 4.69) is 0 Å². The quantitative estimate of drug-likeness (QED) is 0.447. The standard InChI is InChI=1S/C15H14O3.Na.H/c1-12-7-5-6-10-14(12)18-15(16)11-17-13-8-3-2-4-9-13;;/h2-10H,11H2,1H3;;/q;+1;-1. The molecule has 4 heteroatoms. The van der Waals surface area contributed by atoms with Crippen molar-refractivity contribution in [1.29, 1.82) is 0 Å². The molecule has 0 unspecified atom stereocenters. The Balaban J connectivity index is 0.00000180. The molecule has 0 bridgehead atoms. The van der Waals surface area contributed by atoms with E-state index in [4.69, 9.17) is 9.47 Å². The van der Waals surface area contributed by atoms with Crippen LogP contribution in [0.3, 0.4) is 0 Å². The second-order valence-corrected chi connectivity index (χ2v) is 3.84. The van der Waals surface area contributed by atoms with Crippen LogP contribution in [0.5, 0.6) is 11.5 Å². The van der Waals surface area contributed by atoms with Gasteiger partial charge < -0.3 is 10.9 Å². The Morgan fingerprint density at radius 2 is 1.68 bits per heavy atom. The van der Waals surface area contributed by atoms with Gasteiger partial charge in [-0.3, -0.25) is 0 Å². The molecular formula is C15H15NaO3. The number of carbonyl (C=O) groups excluding carboxylic acids is 1. The van der Waals surface area contributed by atoms with Crippen molar-refractivity contribution in [2.24, 2.45) is 0 Å². The molecule has 2 aromatic carbocycles. The Hall–Kier alpha value is -1.29. The fourth-order valence-corrected chi connectivity index (χ4v) is 1.48. The van der Waals surface area contributed by atoms with Crippen LogP contribution in [-0.4, -0.2) is 12.6 Å². The summed E-state index contributed by atoms with van der Waals surface area (Å²) >= 11 is 0. The normalized spacial score (nSPS) is 9.32. The number of aryl methyl sites for hydroxylation is 1. The molecule has 0 fully saturated rings. The van der Waals surface area contributed by atoms with Gasteiger partial charge in [-0.1, -0.05) is 36.4 Å². The van der Waals surface area contributed by atoms with Gasteiger partial charge in [0.15, 0.2) is 6.61 Å². The van der Waals surface area contributed by atoms with E-state index in [-0.39, 0.29) is 37.6 Å². The van der Waals surface area contributed by atoms with Crippen molar-refractivity contribution < 1.29 is 45.3 Å². The molecule has 3 nitrogen and oxygen atoms in total. The number of ether oxygens (including phenoxy) is 2. The second-order valence-electron chi connectivity index (χ2n) is 3.84. The number of hydrogen-bond acceptors (Lipinski definition) is 3. The average Bonchev–Trinajstić information content (AvgIpc) is 2.40. The third-order valence-electron chi connectivity index (χ3n) is 2.42. The number of hydrogen-bond donors (Lipinski definition) is 0. The second kappa shape index (κ2) is 8.00. The van der Waals surface area contributed by atoms with Gasteiger partial charge in [-0.15, -0.1) is 0 Å². The molecule has 0 radical (unpaired) electrons. The van der Waals surface area contributed by atoms with Gasteiger partial charge in [0.05, 0.1) is 0 Å².